The molecule has 0 aliphatic carbocycles. The Morgan fingerprint density at radius 1 is 0.894 bits per heavy atom. The van der Waals surface area contributed by atoms with E-state index in [9.17, 15) is 18.9 Å². The molecule has 18 heteroatoms. The molecule has 1 atom stereocenters. The second-order valence-corrected chi connectivity index (χ2v) is 21.2. The van der Waals surface area contributed by atoms with Gasteiger partial charge >= 0.3 is 0 Å². The average molecular weight is 916 g/mol. The number of imide groups is 1. The number of carbonyl (C=O) groups is 3. The average Bonchev–Trinajstić information content (AvgIpc) is 3.88. The monoisotopic (exact) mass is 915 g/mol. The Kier molecular flexibility index (Phi) is 12.9. The third kappa shape index (κ3) is 9.65. The fourth-order valence-corrected chi connectivity index (χ4v) is 10.8. The molecule has 3 amide bonds. The van der Waals surface area contributed by atoms with Gasteiger partial charge in [0.05, 0.1) is 24.7 Å². The van der Waals surface area contributed by atoms with Crippen molar-refractivity contribution in [1.82, 2.24) is 39.8 Å². The lowest BCUT2D eigenvalue weighted by Crippen LogP contribution is -2.53. The zero-order valence-electron chi connectivity index (χ0n) is 38.2. The molecule has 5 aromatic rings. The van der Waals surface area contributed by atoms with Crippen molar-refractivity contribution in [3.05, 3.63) is 89.9 Å². The highest BCUT2D eigenvalue weighted by Gasteiger charge is 2.39. The number of aromatic nitrogens is 4. The van der Waals surface area contributed by atoms with Gasteiger partial charge < -0.3 is 34.5 Å². The first-order valence-corrected chi connectivity index (χ1v) is 25.3. The Hall–Kier alpha value is -6.29. The molecule has 3 aromatic carbocycles. The van der Waals surface area contributed by atoms with E-state index in [2.05, 4.69) is 54.8 Å². The van der Waals surface area contributed by atoms with Crippen molar-refractivity contribution < 1.29 is 28.4 Å². The molecule has 17 nitrogen and oxygen atoms in total. The van der Waals surface area contributed by atoms with Gasteiger partial charge in [0.1, 0.15) is 37.1 Å². The quantitative estimate of drug-likeness (QED) is 0.0959. The van der Waals surface area contributed by atoms with Crippen molar-refractivity contribution in [1.29, 1.82) is 0 Å². The number of hydrogen-bond donors (Lipinski definition) is 3. The van der Waals surface area contributed by atoms with Crippen LogP contribution >= 0.6 is 7.14 Å². The van der Waals surface area contributed by atoms with Gasteiger partial charge in [-0.25, -0.2) is 4.98 Å². The number of fused-ring (bicyclic) bond motifs is 1. The summed E-state index contributed by atoms with van der Waals surface area (Å²) in [6.07, 6.45) is 8.18. The molecule has 3 saturated heterocycles. The van der Waals surface area contributed by atoms with Crippen LogP contribution in [0.5, 0.6) is 11.5 Å². The zero-order valence-corrected chi connectivity index (χ0v) is 39.1. The molecular formula is C48H58N11O6P. The molecule has 3 fully saturated rings. The summed E-state index contributed by atoms with van der Waals surface area (Å²) in [6, 6.07) is 17.2. The van der Waals surface area contributed by atoms with Crippen molar-refractivity contribution in [2.75, 3.05) is 88.4 Å². The number of methoxy groups -OCH3 is 1. The zero-order chi connectivity index (χ0) is 46.1. The molecular weight excluding hydrogens is 858 g/mol. The van der Waals surface area contributed by atoms with Crippen LogP contribution in [-0.2, 0) is 27.7 Å². The van der Waals surface area contributed by atoms with E-state index in [0.717, 1.165) is 103 Å². The minimum atomic E-state index is -2.59. The number of benzene rings is 3. The van der Waals surface area contributed by atoms with Gasteiger partial charge in [0.15, 0.2) is 0 Å². The summed E-state index contributed by atoms with van der Waals surface area (Å²) in [5.74, 6) is 1.47. The minimum absolute atomic E-state index is 0.181. The highest BCUT2D eigenvalue weighted by molar-refractivity contribution is 7.70. The Morgan fingerprint density at radius 3 is 2.41 bits per heavy atom. The van der Waals surface area contributed by atoms with Crippen molar-refractivity contribution in [3.63, 3.8) is 0 Å². The second-order valence-electron chi connectivity index (χ2n) is 18.0. The Morgan fingerprint density at radius 2 is 1.68 bits per heavy atom. The van der Waals surface area contributed by atoms with E-state index in [1.807, 2.05) is 49.6 Å². The lowest BCUT2D eigenvalue weighted by Gasteiger charge is -2.43. The van der Waals surface area contributed by atoms with E-state index < -0.39 is 19.1 Å². The Bertz CT molecular complexity index is 2690. The number of aryl methyl sites for hydroxylation is 2. The second kappa shape index (κ2) is 18.9. The van der Waals surface area contributed by atoms with Crippen LogP contribution in [0.1, 0.15) is 47.2 Å². The van der Waals surface area contributed by atoms with Crippen molar-refractivity contribution >= 4 is 59.0 Å². The van der Waals surface area contributed by atoms with Crippen LogP contribution in [0.15, 0.2) is 73.2 Å². The van der Waals surface area contributed by atoms with E-state index in [0.29, 0.717) is 54.4 Å². The summed E-state index contributed by atoms with van der Waals surface area (Å²) in [5, 5.41) is 14.3. The molecule has 4 aliphatic heterocycles. The first kappa shape index (κ1) is 44.9. The molecule has 0 radical (unpaired) electrons. The molecule has 3 N–H and O–H groups in total. The number of anilines is 5. The third-order valence-electron chi connectivity index (χ3n) is 13.2. The predicted molar refractivity (Wildman–Crippen MR) is 255 cm³/mol. The van der Waals surface area contributed by atoms with Gasteiger partial charge in [-0.05, 0) is 87.0 Å². The van der Waals surface area contributed by atoms with Crippen LogP contribution < -0.4 is 35.6 Å². The number of para-hydroxylation sites is 1. The lowest BCUT2D eigenvalue weighted by molar-refractivity contribution is -0.136. The first-order valence-electron chi connectivity index (χ1n) is 22.7. The van der Waals surface area contributed by atoms with Crippen LogP contribution in [0.25, 0.3) is 11.1 Å². The summed E-state index contributed by atoms with van der Waals surface area (Å²) >= 11 is 0. The molecule has 1 unspecified atom stereocenters. The third-order valence-corrected chi connectivity index (χ3v) is 14.8. The number of ether oxygens (including phenoxy) is 2. The van der Waals surface area contributed by atoms with Crippen LogP contribution in [-0.4, -0.2) is 137 Å². The maximum Gasteiger partial charge on any atom is 0.255 e. The van der Waals surface area contributed by atoms with Crippen LogP contribution in [0.4, 0.5) is 28.8 Å². The number of nitrogens with one attached hydrogen (secondary N) is 3. The van der Waals surface area contributed by atoms with Crippen LogP contribution in [0.3, 0.4) is 0 Å². The fourth-order valence-electron chi connectivity index (χ4n) is 9.65. The smallest absolute Gasteiger partial charge is 0.255 e. The molecule has 6 heterocycles. The minimum Gasteiger partial charge on any atom is -0.494 e. The highest BCUT2D eigenvalue weighted by atomic mass is 31.2. The SMILES string of the molecule is COc1cc(N2CCC(N3CCN(CCOc4ccc5c(c4)CN(C4CCC(=O)NC4=O)C5=O)CC3)CC2)c(C)cc1Nc1ncc(-c2cnn(C)c2)c(Nc2ccccc2P(C)(C)=O)n1. The number of piperazine rings is 1. The van der Waals surface area contributed by atoms with Gasteiger partial charge in [-0.1, -0.05) is 12.1 Å². The van der Waals surface area contributed by atoms with E-state index in [1.165, 1.54) is 0 Å². The topological polar surface area (TPSA) is 179 Å². The number of nitrogens with zero attached hydrogens (tertiary/aromatic N) is 8. The maximum atomic E-state index is 13.2. The molecule has 4 aliphatic rings. The number of piperidine rings is 2. The van der Waals surface area contributed by atoms with E-state index in [-0.39, 0.29) is 18.2 Å². The van der Waals surface area contributed by atoms with Gasteiger partial charge in [0.2, 0.25) is 17.8 Å². The molecule has 0 saturated carbocycles. The standard InChI is InChI=1S/C48H58N11O6P/c1-31-24-39(52-48-49-28-37(33-27-50-55(2)29-33)45(54-48)51-38-8-6-7-9-43(38)66(4,5)63)42(64-3)26-41(31)58-16-14-34(15-17-58)57-20-18-56(19-21-57)22-23-65-35-10-11-36-32(25-35)30-59(47(36)62)40-12-13-44(60)53-46(40)61/h6-11,24-29,34,40H,12-23,30H2,1-5H3,(H,53,60,61)(H2,49,51,52,54). The van der Waals surface area contributed by atoms with Gasteiger partial charge in [-0.3, -0.25) is 34.2 Å². The molecule has 346 valence electrons. The highest BCUT2D eigenvalue weighted by Crippen LogP contribution is 2.40. The van der Waals surface area contributed by atoms with Gasteiger partial charge in [0, 0.05) is 118 Å². The maximum absolute atomic E-state index is 13.2. The molecule has 2 aromatic heterocycles. The molecule has 0 spiro atoms. The van der Waals surface area contributed by atoms with E-state index >= 15 is 0 Å². The lowest BCUT2D eigenvalue weighted by atomic mass is 10.0. The summed E-state index contributed by atoms with van der Waals surface area (Å²) in [7, 11) is 0.949. The summed E-state index contributed by atoms with van der Waals surface area (Å²) in [5.41, 5.74) is 6.79. The number of carbonyl (C=O) groups excluding carboxylic acids is 3. The van der Waals surface area contributed by atoms with Gasteiger partial charge in [-0.2, -0.15) is 10.1 Å². The van der Waals surface area contributed by atoms with Crippen molar-refractivity contribution in [2.45, 2.75) is 51.2 Å². The van der Waals surface area contributed by atoms with Crippen molar-refractivity contribution in [3.8, 4) is 22.6 Å². The number of amides is 3. The van der Waals surface area contributed by atoms with Gasteiger partial charge in [-0.15, -0.1) is 0 Å². The Labute approximate surface area is 385 Å². The van der Waals surface area contributed by atoms with Gasteiger partial charge in [0.25, 0.3) is 5.91 Å². The fraction of sp³-hybridized carbons (Fsp3) is 0.417. The summed E-state index contributed by atoms with van der Waals surface area (Å²) in [4.78, 5) is 55.9. The predicted octanol–water partition coefficient (Wildman–Crippen LogP) is 5.36. The normalized spacial score (nSPS) is 18.6. The molecule has 9 rings (SSSR count). The summed E-state index contributed by atoms with van der Waals surface area (Å²) in [6.45, 7) is 13.2. The molecule has 66 heavy (non-hydrogen) atoms. The first-order chi connectivity index (χ1) is 31.8. The van der Waals surface area contributed by atoms with E-state index in [1.54, 1.807) is 48.5 Å². The number of hydrogen-bond acceptors (Lipinski definition) is 14. The van der Waals surface area contributed by atoms with Crippen LogP contribution in [0, 0.1) is 6.92 Å². The Balaban J connectivity index is 0.773. The summed E-state index contributed by atoms with van der Waals surface area (Å²) < 4.78 is 27.1. The number of rotatable bonds is 14. The van der Waals surface area contributed by atoms with E-state index in [4.69, 9.17) is 19.4 Å². The largest absolute Gasteiger partial charge is 0.494 e. The van der Waals surface area contributed by atoms with Crippen molar-refractivity contribution in [2.24, 2.45) is 7.05 Å². The molecule has 0 bridgehead atoms. The van der Waals surface area contributed by atoms with Crippen LogP contribution in [0.2, 0.25) is 0 Å².